The largest absolute Gasteiger partial charge is 0.361 e. The Kier molecular flexibility index (Phi) is 4.25. The van der Waals surface area contributed by atoms with Gasteiger partial charge in [-0.2, -0.15) is 0 Å². The van der Waals surface area contributed by atoms with E-state index in [0.717, 1.165) is 35.3 Å². The molecule has 2 aromatic rings. The van der Waals surface area contributed by atoms with Gasteiger partial charge in [0, 0.05) is 23.8 Å². The van der Waals surface area contributed by atoms with Crippen LogP contribution in [0.25, 0.3) is 10.9 Å². The Labute approximate surface area is 125 Å². The number of likely N-dealkylation sites (tertiary alicyclic amines) is 1. The smallest absolute Gasteiger partial charge is 0.251 e. The van der Waals surface area contributed by atoms with Gasteiger partial charge in [-0.25, -0.2) is 0 Å². The minimum atomic E-state index is 0.0272. The summed E-state index contributed by atoms with van der Waals surface area (Å²) in [4.78, 5) is 17.7. The molecular formula is C17H23N3O. The predicted molar refractivity (Wildman–Crippen MR) is 85.5 cm³/mol. The van der Waals surface area contributed by atoms with Crippen LogP contribution in [0.2, 0.25) is 0 Å². The van der Waals surface area contributed by atoms with Crippen molar-refractivity contribution in [2.75, 3.05) is 26.7 Å². The number of fused-ring (bicyclic) bond motifs is 1. The number of hydrogen-bond donors (Lipinski definition) is 2. The van der Waals surface area contributed by atoms with Gasteiger partial charge in [-0.05, 0) is 68.9 Å². The Balaban J connectivity index is 1.49. The minimum absolute atomic E-state index is 0.0272. The van der Waals surface area contributed by atoms with Crippen LogP contribution < -0.4 is 5.32 Å². The third-order valence-corrected chi connectivity index (χ3v) is 4.49. The van der Waals surface area contributed by atoms with Crippen LogP contribution in [0.4, 0.5) is 0 Å². The molecule has 0 radical (unpaired) electrons. The third kappa shape index (κ3) is 3.45. The zero-order valence-corrected chi connectivity index (χ0v) is 12.6. The summed E-state index contributed by atoms with van der Waals surface area (Å²) in [6.07, 6.45) is 5.48. The number of H-pyrrole nitrogens is 1. The maximum Gasteiger partial charge on any atom is 0.251 e. The van der Waals surface area contributed by atoms with Crippen molar-refractivity contribution >= 4 is 16.8 Å². The number of carbonyl (C=O) groups excluding carboxylic acids is 1. The summed E-state index contributed by atoms with van der Waals surface area (Å²) < 4.78 is 0. The lowest BCUT2D eigenvalue weighted by atomic mass is 9.94. The lowest BCUT2D eigenvalue weighted by Crippen LogP contribution is -2.32. The highest BCUT2D eigenvalue weighted by molar-refractivity contribution is 5.97. The maximum absolute atomic E-state index is 12.2. The molecule has 0 spiro atoms. The van der Waals surface area contributed by atoms with Gasteiger partial charge in [-0.15, -0.1) is 0 Å². The summed E-state index contributed by atoms with van der Waals surface area (Å²) >= 11 is 0. The van der Waals surface area contributed by atoms with Gasteiger partial charge in [-0.1, -0.05) is 6.07 Å². The number of benzene rings is 1. The minimum Gasteiger partial charge on any atom is -0.361 e. The first-order valence-corrected chi connectivity index (χ1v) is 7.76. The van der Waals surface area contributed by atoms with Crippen molar-refractivity contribution in [1.82, 2.24) is 15.2 Å². The quantitative estimate of drug-likeness (QED) is 0.907. The van der Waals surface area contributed by atoms with Gasteiger partial charge < -0.3 is 15.2 Å². The van der Waals surface area contributed by atoms with Gasteiger partial charge in [0.2, 0.25) is 0 Å². The molecule has 2 heterocycles. The number of piperidine rings is 1. The number of nitrogens with zero attached hydrogens (tertiary/aromatic N) is 1. The van der Waals surface area contributed by atoms with E-state index in [9.17, 15) is 4.79 Å². The van der Waals surface area contributed by atoms with E-state index in [-0.39, 0.29) is 5.91 Å². The summed E-state index contributed by atoms with van der Waals surface area (Å²) in [6.45, 7) is 3.14. The van der Waals surface area contributed by atoms with E-state index in [4.69, 9.17) is 0 Å². The number of aromatic amines is 1. The average Bonchev–Trinajstić information content (AvgIpc) is 2.96. The Morgan fingerprint density at radius 3 is 2.95 bits per heavy atom. The molecule has 1 aromatic heterocycles. The van der Waals surface area contributed by atoms with Gasteiger partial charge in [0.1, 0.15) is 0 Å². The molecule has 1 aromatic carbocycles. The maximum atomic E-state index is 12.2. The van der Waals surface area contributed by atoms with Crippen LogP contribution in [-0.2, 0) is 0 Å². The SMILES string of the molecule is CN1CCC(CCNC(=O)c2ccc3cc[nH]c3c2)CC1. The molecule has 0 atom stereocenters. The first-order chi connectivity index (χ1) is 10.2. The highest BCUT2D eigenvalue weighted by Gasteiger charge is 2.16. The monoisotopic (exact) mass is 285 g/mol. The van der Waals surface area contributed by atoms with Crippen molar-refractivity contribution in [1.29, 1.82) is 0 Å². The van der Waals surface area contributed by atoms with Crippen LogP contribution >= 0.6 is 0 Å². The summed E-state index contributed by atoms with van der Waals surface area (Å²) in [7, 11) is 2.18. The molecule has 112 valence electrons. The van der Waals surface area contributed by atoms with Crippen molar-refractivity contribution in [2.45, 2.75) is 19.3 Å². The van der Waals surface area contributed by atoms with Crippen molar-refractivity contribution in [3.8, 4) is 0 Å². The van der Waals surface area contributed by atoms with E-state index < -0.39 is 0 Å². The molecule has 4 nitrogen and oxygen atoms in total. The Morgan fingerprint density at radius 2 is 2.14 bits per heavy atom. The zero-order valence-electron chi connectivity index (χ0n) is 12.6. The molecule has 0 unspecified atom stereocenters. The standard InChI is InChI=1S/C17H23N3O/c1-20-10-6-13(7-11-20)4-8-19-17(21)15-3-2-14-5-9-18-16(14)12-15/h2-3,5,9,12-13,18H,4,6-8,10-11H2,1H3,(H,19,21). The highest BCUT2D eigenvalue weighted by atomic mass is 16.1. The number of rotatable bonds is 4. The van der Waals surface area contributed by atoms with E-state index in [0.29, 0.717) is 0 Å². The van der Waals surface area contributed by atoms with Gasteiger partial charge in [0.25, 0.3) is 5.91 Å². The van der Waals surface area contributed by atoms with Gasteiger partial charge in [0.15, 0.2) is 0 Å². The molecule has 1 amide bonds. The van der Waals surface area contributed by atoms with E-state index in [1.165, 1.54) is 25.9 Å². The molecule has 1 fully saturated rings. The highest BCUT2D eigenvalue weighted by Crippen LogP contribution is 2.19. The molecule has 0 saturated carbocycles. The lowest BCUT2D eigenvalue weighted by Gasteiger charge is -2.28. The Hall–Kier alpha value is -1.81. The van der Waals surface area contributed by atoms with Crippen molar-refractivity contribution < 1.29 is 4.79 Å². The lowest BCUT2D eigenvalue weighted by molar-refractivity contribution is 0.0949. The fourth-order valence-corrected chi connectivity index (χ4v) is 3.03. The number of aromatic nitrogens is 1. The number of carbonyl (C=O) groups is 1. The summed E-state index contributed by atoms with van der Waals surface area (Å²) in [5, 5.41) is 4.18. The van der Waals surface area contributed by atoms with E-state index in [2.05, 4.69) is 22.2 Å². The van der Waals surface area contributed by atoms with E-state index >= 15 is 0 Å². The zero-order chi connectivity index (χ0) is 14.7. The third-order valence-electron chi connectivity index (χ3n) is 4.49. The van der Waals surface area contributed by atoms with Crippen LogP contribution in [0.5, 0.6) is 0 Å². The van der Waals surface area contributed by atoms with Crippen molar-refractivity contribution in [3.63, 3.8) is 0 Å². The van der Waals surface area contributed by atoms with Crippen LogP contribution in [0.3, 0.4) is 0 Å². The molecule has 21 heavy (non-hydrogen) atoms. The van der Waals surface area contributed by atoms with Crippen molar-refractivity contribution in [3.05, 3.63) is 36.0 Å². The van der Waals surface area contributed by atoms with Gasteiger partial charge in [-0.3, -0.25) is 4.79 Å². The number of nitrogens with one attached hydrogen (secondary N) is 2. The van der Waals surface area contributed by atoms with Gasteiger partial charge >= 0.3 is 0 Å². The molecule has 3 rings (SSSR count). The predicted octanol–water partition coefficient (Wildman–Crippen LogP) is 2.63. The second-order valence-corrected chi connectivity index (χ2v) is 6.07. The summed E-state index contributed by atoms with van der Waals surface area (Å²) in [5.74, 6) is 0.784. The molecule has 1 aliphatic rings. The topological polar surface area (TPSA) is 48.1 Å². The second kappa shape index (κ2) is 6.31. The molecule has 4 heteroatoms. The second-order valence-electron chi connectivity index (χ2n) is 6.07. The van der Waals surface area contributed by atoms with Crippen LogP contribution in [0, 0.1) is 5.92 Å². The Morgan fingerprint density at radius 1 is 1.33 bits per heavy atom. The first-order valence-electron chi connectivity index (χ1n) is 7.76. The number of hydrogen-bond acceptors (Lipinski definition) is 2. The normalized spacial score (nSPS) is 17.2. The van der Waals surface area contributed by atoms with Crippen molar-refractivity contribution in [2.24, 2.45) is 5.92 Å². The number of amides is 1. The fourth-order valence-electron chi connectivity index (χ4n) is 3.03. The van der Waals surface area contributed by atoms with Crippen LogP contribution in [-0.4, -0.2) is 42.5 Å². The van der Waals surface area contributed by atoms with E-state index in [1.807, 2.05) is 30.5 Å². The molecule has 2 N–H and O–H groups in total. The average molecular weight is 285 g/mol. The molecule has 0 aliphatic carbocycles. The van der Waals surface area contributed by atoms with Gasteiger partial charge in [0.05, 0.1) is 0 Å². The molecule has 1 aliphatic heterocycles. The van der Waals surface area contributed by atoms with E-state index in [1.54, 1.807) is 0 Å². The molecule has 1 saturated heterocycles. The first kappa shape index (κ1) is 14.1. The Bertz CT molecular complexity index is 611. The fraction of sp³-hybridized carbons (Fsp3) is 0.471. The molecular weight excluding hydrogens is 262 g/mol. The summed E-state index contributed by atoms with van der Waals surface area (Å²) in [6, 6.07) is 7.80. The van der Waals surface area contributed by atoms with Crippen LogP contribution in [0.1, 0.15) is 29.6 Å². The summed E-state index contributed by atoms with van der Waals surface area (Å²) in [5.41, 5.74) is 1.74. The van der Waals surface area contributed by atoms with Crippen LogP contribution in [0.15, 0.2) is 30.5 Å². The molecule has 0 bridgehead atoms.